The molecule has 1 amide bonds. The molecule has 0 saturated carbocycles. The summed E-state index contributed by atoms with van der Waals surface area (Å²) in [6.45, 7) is 6.63. The van der Waals surface area contributed by atoms with Crippen molar-refractivity contribution in [3.05, 3.63) is 0 Å². The highest BCUT2D eigenvalue weighted by Gasteiger charge is 2.21. The molecule has 1 heterocycles. The predicted molar refractivity (Wildman–Crippen MR) is 53.4 cm³/mol. The van der Waals surface area contributed by atoms with Gasteiger partial charge < -0.3 is 4.74 Å². The van der Waals surface area contributed by atoms with Crippen molar-refractivity contribution < 1.29 is 9.53 Å². The first-order valence-corrected chi connectivity index (χ1v) is 4.99. The Balaban J connectivity index is 2.26. The number of nitrogens with two attached hydrogens (primary N) is 1. The number of carbonyl (C=O) groups excluding carboxylic acids is 1. The minimum atomic E-state index is -0.114. The molecule has 0 aromatic heterocycles. The van der Waals surface area contributed by atoms with E-state index in [9.17, 15) is 4.79 Å². The molecule has 5 nitrogen and oxygen atoms in total. The number of hydrogen-bond donors (Lipinski definition) is 2. The minimum absolute atomic E-state index is 0.114. The van der Waals surface area contributed by atoms with E-state index in [2.05, 4.69) is 10.3 Å². The molecule has 0 aromatic carbocycles. The Hall–Kier alpha value is -0.650. The van der Waals surface area contributed by atoms with Crippen LogP contribution in [0, 0.1) is 0 Å². The standard InChI is InChI=1S/C9H19N3O2/c1-7-5-12(6-8(2)14-7)4-3-9(13)11-10/h7-8H,3-6,10H2,1-2H3,(H,11,13). The van der Waals surface area contributed by atoms with Crippen LogP contribution in [0.1, 0.15) is 20.3 Å². The second-order valence-electron chi connectivity index (χ2n) is 3.83. The molecular formula is C9H19N3O2. The number of hydrazine groups is 1. The molecule has 5 heteroatoms. The molecule has 1 aliphatic rings. The van der Waals surface area contributed by atoms with E-state index in [1.165, 1.54) is 0 Å². The van der Waals surface area contributed by atoms with Crippen LogP contribution in [0.2, 0.25) is 0 Å². The zero-order valence-corrected chi connectivity index (χ0v) is 8.82. The molecule has 3 N–H and O–H groups in total. The van der Waals surface area contributed by atoms with Crippen LogP contribution >= 0.6 is 0 Å². The van der Waals surface area contributed by atoms with Crippen molar-refractivity contribution in [1.29, 1.82) is 0 Å². The lowest BCUT2D eigenvalue weighted by atomic mass is 10.2. The van der Waals surface area contributed by atoms with Crippen molar-refractivity contribution in [2.75, 3.05) is 19.6 Å². The van der Waals surface area contributed by atoms with Crippen LogP contribution in [-0.4, -0.2) is 42.6 Å². The van der Waals surface area contributed by atoms with Gasteiger partial charge >= 0.3 is 0 Å². The van der Waals surface area contributed by atoms with Crippen molar-refractivity contribution in [3.8, 4) is 0 Å². The average molecular weight is 201 g/mol. The smallest absolute Gasteiger partial charge is 0.235 e. The number of ether oxygens (including phenoxy) is 1. The van der Waals surface area contributed by atoms with E-state index < -0.39 is 0 Å². The molecule has 2 unspecified atom stereocenters. The van der Waals surface area contributed by atoms with Gasteiger partial charge in [-0.3, -0.25) is 15.1 Å². The first-order valence-electron chi connectivity index (χ1n) is 4.99. The van der Waals surface area contributed by atoms with E-state index in [1.54, 1.807) is 0 Å². The summed E-state index contributed by atoms with van der Waals surface area (Å²) >= 11 is 0. The maximum Gasteiger partial charge on any atom is 0.235 e. The Labute approximate surface area is 84.5 Å². The van der Waals surface area contributed by atoms with Crippen LogP contribution in [-0.2, 0) is 9.53 Å². The first kappa shape index (κ1) is 11.4. The van der Waals surface area contributed by atoms with Crippen molar-refractivity contribution >= 4 is 5.91 Å². The number of morpholine rings is 1. The molecule has 0 radical (unpaired) electrons. The van der Waals surface area contributed by atoms with Gasteiger partial charge in [0.25, 0.3) is 0 Å². The molecule has 0 spiro atoms. The first-order chi connectivity index (χ1) is 6.61. The Kier molecular flexibility index (Phi) is 4.31. The van der Waals surface area contributed by atoms with Gasteiger partial charge in [-0.15, -0.1) is 0 Å². The van der Waals surface area contributed by atoms with Crippen molar-refractivity contribution in [3.63, 3.8) is 0 Å². The molecule has 0 aliphatic carbocycles. The van der Waals surface area contributed by atoms with Gasteiger partial charge in [0.1, 0.15) is 0 Å². The van der Waals surface area contributed by atoms with Crippen LogP contribution < -0.4 is 11.3 Å². The molecule has 1 rings (SSSR count). The third-order valence-electron chi connectivity index (χ3n) is 2.31. The van der Waals surface area contributed by atoms with E-state index >= 15 is 0 Å². The highest BCUT2D eigenvalue weighted by Crippen LogP contribution is 2.10. The lowest BCUT2D eigenvalue weighted by Crippen LogP contribution is -2.46. The number of rotatable bonds is 3. The quantitative estimate of drug-likeness (QED) is 0.366. The van der Waals surface area contributed by atoms with Gasteiger partial charge in [0.05, 0.1) is 12.2 Å². The van der Waals surface area contributed by atoms with Crippen molar-refractivity contribution in [2.24, 2.45) is 5.84 Å². The minimum Gasteiger partial charge on any atom is -0.373 e. The van der Waals surface area contributed by atoms with Crippen LogP contribution in [0.25, 0.3) is 0 Å². The number of nitrogens with zero attached hydrogens (tertiary/aromatic N) is 1. The zero-order chi connectivity index (χ0) is 10.6. The third-order valence-corrected chi connectivity index (χ3v) is 2.31. The van der Waals surface area contributed by atoms with Gasteiger partial charge in [0.2, 0.25) is 5.91 Å². The summed E-state index contributed by atoms with van der Waals surface area (Å²) in [5.41, 5.74) is 2.13. The van der Waals surface area contributed by atoms with E-state index in [-0.39, 0.29) is 18.1 Å². The average Bonchev–Trinajstić information content (AvgIpc) is 2.12. The fraction of sp³-hybridized carbons (Fsp3) is 0.889. The van der Waals surface area contributed by atoms with Gasteiger partial charge in [-0.05, 0) is 13.8 Å². The maximum atomic E-state index is 10.9. The third kappa shape index (κ3) is 3.61. The fourth-order valence-electron chi connectivity index (χ4n) is 1.80. The number of amides is 1. The highest BCUT2D eigenvalue weighted by atomic mass is 16.5. The number of nitrogens with one attached hydrogen (secondary N) is 1. The Bertz CT molecular complexity index is 188. The van der Waals surface area contributed by atoms with Crippen LogP contribution in [0.5, 0.6) is 0 Å². The van der Waals surface area contributed by atoms with Gasteiger partial charge in [0, 0.05) is 26.1 Å². The molecule has 2 atom stereocenters. The summed E-state index contributed by atoms with van der Waals surface area (Å²) in [7, 11) is 0. The van der Waals surface area contributed by atoms with E-state index in [1.807, 2.05) is 13.8 Å². The highest BCUT2D eigenvalue weighted by molar-refractivity contribution is 5.75. The van der Waals surface area contributed by atoms with Gasteiger partial charge in [-0.1, -0.05) is 0 Å². The second kappa shape index (κ2) is 5.29. The number of carbonyl (C=O) groups is 1. The van der Waals surface area contributed by atoms with E-state index in [4.69, 9.17) is 10.6 Å². The lowest BCUT2D eigenvalue weighted by Gasteiger charge is -2.35. The molecule has 82 valence electrons. The second-order valence-corrected chi connectivity index (χ2v) is 3.83. The predicted octanol–water partition coefficient (Wildman–Crippen LogP) is -0.524. The van der Waals surface area contributed by atoms with Crippen LogP contribution in [0.15, 0.2) is 0 Å². The summed E-state index contributed by atoms with van der Waals surface area (Å²) in [5, 5.41) is 0. The molecule has 0 aromatic rings. The zero-order valence-electron chi connectivity index (χ0n) is 8.82. The van der Waals surface area contributed by atoms with E-state index in [0.717, 1.165) is 19.6 Å². The normalized spacial score (nSPS) is 28.8. The van der Waals surface area contributed by atoms with Crippen molar-refractivity contribution in [1.82, 2.24) is 10.3 Å². The van der Waals surface area contributed by atoms with Gasteiger partial charge in [-0.25, -0.2) is 5.84 Å². The molecule has 14 heavy (non-hydrogen) atoms. The fourth-order valence-corrected chi connectivity index (χ4v) is 1.80. The maximum absolute atomic E-state index is 10.9. The summed E-state index contributed by atoms with van der Waals surface area (Å²) in [6, 6.07) is 0. The Morgan fingerprint density at radius 2 is 2.07 bits per heavy atom. The number of hydrogen-bond acceptors (Lipinski definition) is 4. The molecular weight excluding hydrogens is 182 g/mol. The van der Waals surface area contributed by atoms with Crippen molar-refractivity contribution in [2.45, 2.75) is 32.5 Å². The molecule has 1 aliphatic heterocycles. The van der Waals surface area contributed by atoms with E-state index in [0.29, 0.717) is 6.42 Å². The monoisotopic (exact) mass is 201 g/mol. The van der Waals surface area contributed by atoms with Gasteiger partial charge in [-0.2, -0.15) is 0 Å². The summed E-state index contributed by atoms with van der Waals surface area (Å²) < 4.78 is 5.58. The Morgan fingerprint density at radius 1 is 1.50 bits per heavy atom. The Morgan fingerprint density at radius 3 is 2.57 bits per heavy atom. The van der Waals surface area contributed by atoms with Crippen LogP contribution in [0.4, 0.5) is 0 Å². The molecule has 0 bridgehead atoms. The topological polar surface area (TPSA) is 67.6 Å². The largest absolute Gasteiger partial charge is 0.373 e. The SMILES string of the molecule is CC1CN(CCC(=O)NN)CC(C)O1. The van der Waals surface area contributed by atoms with Gasteiger partial charge in [0.15, 0.2) is 0 Å². The summed E-state index contributed by atoms with van der Waals surface area (Å²) in [4.78, 5) is 13.2. The molecule has 1 saturated heterocycles. The lowest BCUT2D eigenvalue weighted by molar-refractivity contribution is -0.122. The summed E-state index contributed by atoms with van der Waals surface area (Å²) in [5.74, 6) is 4.89. The van der Waals surface area contributed by atoms with Crippen LogP contribution in [0.3, 0.4) is 0 Å². The molecule has 1 fully saturated rings. The summed E-state index contributed by atoms with van der Waals surface area (Å²) in [6.07, 6.45) is 0.954.